The molecule has 0 aliphatic heterocycles. The molecule has 1 atom stereocenters. The standard InChI is InChI=1S/C24H21FN4O2S/c1-15(32-14-22(30)26-18-11-9-17(25)10-12-18)24(31)27-19-6-4-5-16(13-19)23-28-20-7-2-3-8-21(20)29-23/h2-13,15H,14H2,1H3,(H,26,30)(H,27,31)(H,28,29). The molecule has 32 heavy (non-hydrogen) atoms. The molecule has 6 nitrogen and oxygen atoms in total. The predicted octanol–water partition coefficient (Wildman–Crippen LogP) is 5.07. The molecule has 0 radical (unpaired) electrons. The number of imidazole rings is 1. The topological polar surface area (TPSA) is 86.9 Å². The van der Waals surface area contributed by atoms with Gasteiger partial charge < -0.3 is 15.6 Å². The molecule has 8 heteroatoms. The maximum Gasteiger partial charge on any atom is 0.237 e. The third kappa shape index (κ3) is 5.33. The Hall–Kier alpha value is -3.65. The van der Waals surface area contributed by atoms with E-state index < -0.39 is 5.25 Å². The molecule has 4 rings (SSSR count). The van der Waals surface area contributed by atoms with Gasteiger partial charge in [0.1, 0.15) is 11.6 Å². The molecule has 0 fully saturated rings. The van der Waals surface area contributed by atoms with Crippen molar-refractivity contribution in [2.75, 3.05) is 16.4 Å². The molecule has 1 heterocycles. The summed E-state index contributed by atoms with van der Waals surface area (Å²) in [4.78, 5) is 32.5. The Bertz CT molecular complexity index is 1220. The van der Waals surface area contributed by atoms with E-state index in [1.54, 1.807) is 6.92 Å². The number of carbonyl (C=O) groups excluding carboxylic acids is 2. The number of nitrogens with zero attached hydrogens (tertiary/aromatic N) is 1. The van der Waals surface area contributed by atoms with Gasteiger partial charge in [-0.1, -0.05) is 24.3 Å². The number of H-pyrrole nitrogens is 1. The SMILES string of the molecule is CC(SCC(=O)Nc1ccc(F)cc1)C(=O)Nc1cccc(-c2nc3ccccc3[nH]2)c1. The van der Waals surface area contributed by atoms with Crippen LogP contribution in [0, 0.1) is 5.82 Å². The van der Waals surface area contributed by atoms with E-state index in [4.69, 9.17) is 0 Å². The van der Waals surface area contributed by atoms with Crippen LogP contribution in [0.4, 0.5) is 15.8 Å². The van der Waals surface area contributed by atoms with Crippen molar-refractivity contribution in [2.24, 2.45) is 0 Å². The lowest BCUT2D eigenvalue weighted by molar-refractivity contribution is -0.115. The van der Waals surface area contributed by atoms with Gasteiger partial charge in [-0.2, -0.15) is 0 Å². The Morgan fingerprint density at radius 1 is 1.00 bits per heavy atom. The second-order valence-corrected chi connectivity index (χ2v) is 8.51. The number of benzene rings is 3. The van der Waals surface area contributed by atoms with Crippen molar-refractivity contribution in [2.45, 2.75) is 12.2 Å². The van der Waals surface area contributed by atoms with Crippen LogP contribution in [-0.4, -0.2) is 32.8 Å². The fraction of sp³-hybridized carbons (Fsp3) is 0.125. The molecular weight excluding hydrogens is 427 g/mol. The first kappa shape index (κ1) is 21.6. The minimum Gasteiger partial charge on any atom is -0.338 e. The Kier molecular flexibility index (Phi) is 6.51. The van der Waals surface area contributed by atoms with Crippen LogP contribution in [0.3, 0.4) is 0 Å². The quantitative estimate of drug-likeness (QED) is 0.368. The van der Waals surface area contributed by atoms with Crippen LogP contribution in [-0.2, 0) is 9.59 Å². The smallest absolute Gasteiger partial charge is 0.237 e. The second-order valence-electron chi connectivity index (χ2n) is 7.18. The second kappa shape index (κ2) is 9.65. The van der Waals surface area contributed by atoms with E-state index in [0.717, 1.165) is 22.4 Å². The van der Waals surface area contributed by atoms with Gasteiger partial charge in [0.25, 0.3) is 0 Å². The third-order valence-electron chi connectivity index (χ3n) is 4.75. The van der Waals surface area contributed by atoms with Crippen molar-refractivity contribution < 1.29 is 14.0 Å². The zero-order valence-electron chi connectivity index (χ0n) is 17.3. The number of hydrogen-bond donors (Lipinski definition) is 3. The molecule has 0 saturated carbocycles. The first-order valence-corrected chi connectivity index (χ1v) is 11.1. The monoisotopic (exact) mass is 448 g/mol. The van der Waals surface area contributed by atoms with Gasteiger partial charge in [-0.3, -0.25) is 9.59 Å². The maximum atomic E-state index is 12.9. The van der Waals surface area contributed by atoms with E-state index in [-0.39, 0.29) is 23.4 Å². The summed E-state index contributed by atoms with van der Waals surface area (Å²) in [5.41, 5.74) is 3.84. The van der Waals surface area contributed by atoms with E-state index in [9.17, 15) is 14.0 Å². The number of thioether (sulfide) groups is 1. The lowest BCUT2D eigenvalue weighted by Gasteiger charge is -2.12. The minimum atomic E-state index is -0.441. The number of aromatic amines is 1. The molecule has 1 unspecified atom stereocenters. The van der Waals surface area contributed by atoms with Gasteiger partial charge in [-0.25, -0.2) is 9.37 Å². The predicted molar refractivity (Wildman–Crippen MR) is 127 cm³/mol. The lowest BCUT2D eigenvalue weighted by atomic mass is 10.2. The zero-order chi connectivity index (χ0) is 22.5. The Balaban J connectivity index is 1.33. The number of rotatable bonds is 7. The zero-order valence-corrected chi connectivity index (χ0v) is 18.1. The summed E-state index contributed by atoms with van der Waals surface area (Å²) in [5, 5.41) is 5.13. The number of para-hydroxylation sites is 2. The van der Waals surface area contributed by atoms with Gasteiger partial charge in [0, 0.05) is 16.9 Å². The number of aromatic nitrogens is 2. The molecule has 2 amide bonds. The van der Waals surface area contributed by atoms with E-state index in [2.05, 4.69) is 20.6 Å². The molecule has 162 valence electrons. The minimum absolute atomic E-state index is 0.102. The third-order valence-corrected chi connectivity index (χ3v) is 5.90. The number of anilines is 2. The summed E-state index contributed by atoms with van der Waals surface area (Å²) >= 11 is 1.22. The van der Waals surface area contributed by atoms with E-state index in [0.29, 0.717) is 11.4 Å². The van der Waals surface area contributed by atoms with Crippen LogP contribution in [0.2, 0.25) is 0 Å². The van der Waals surface area contributed by atoms with Crippen LogP contribution >= 0.6 is 11.8 Å². The first-order valence-electron chi connectivity index (χ1n) is 10.0. The van der Waals surface area contributed by atoms with Crippen molar-refractivity contribution in [1.29, 1.82) is 0 Å². The molecule has 0 spiro atoms. The number of halogens is 1. The highest BCUT2D eigenvalue weighted by Gasteiger charge is 2.16. The fourth-order valence-electron chi connectivity index (χ4n) is 3.08. The van der Waals surface area contributed by atoms with Crippen molar-refractivity contribution in [3.63, 3.8) is 0 Å². The summed E-state index contributed by atoms with van der Waals surface area (Å²) in [6, 6.07) is 20.7. The van der Waals surface area contributed by atoms with Crippen molar-refractivity contribution >= 4 is 46.0 Å². The molecular formula is C24H21FN4O2S. The van der Waals surface area contributed by atoms with E-state index >= 15 is 0 Å². The molecule has 3 N–H and O–H groups in total. The number of fused-ring (bicyclic) bond motifs is 1. The molecule has 0 aliphatic rings. The van der Waals surface area contributed by atoms with Gasteiger partial charge in [0.05, 0.1) is 22.0 Å². The average molecular weight is 449 g/mol. The van der Waals surface area contributed by atoms with Crippen LogP contribution in [0.25, 0.3) is 22.4 Å². The molecule has 0 bridgehead atoms. The summed E-state index contributed by atoms with van der Waals surface area (Å²) in [7, 11) is 0. The van der Waals surface area contributed by atoms with Crippen molar-refractivity contribution in [3.8, 4) is 11.4 Å². The normalized spacial score (nSPS) is 11.8. The van der Waals surface area contributed by atoms with E-state index in [1.807, 2.05) is 48.5 Å². The summed E-state index contributed by atoms with van der Waals surface area (Å²) in [5.74, 6) is -0.000863. The van der Waals surface area contributed by atoms with Crippen LogP contribution in [0.15, 0.2) is 72.8 Å². The first-order chi connectivity index (χ1) is 15.5. The van der Waals surface area contributed by atoms with Crippen LogP contribution in [0.5, 0.6) is 0 Å². The van der Waals surface area contributed by atoms with Gasteiger partial charge in [0.15, 0.2) is 0 Å². The molecule has 0 saturated heterocycles. The number of hydrogen-bond acceptors (Lipinski definition) is 4. The molecule has 4 aromatic rings. The van der Waals surface area contributed by atoms with Gasteiger partial charge in [-0.15, -0.1) is 11.8 Å². The highest BCUT2D eigenvalue weighted by Crippen LogP contribution is 2.24. The molecule has 0 aliphatic carbocycles. The summed E-state index contributed by atoms with van der Waals surface area (Å²) < 4.78 is 12.9. The molecule has 3 aromatic carbocycles. The Labute approximate surface area is 188 Å². The summed E-state index contributed by atoms with van der Waals surface area (Å²) in [6.45, 7) is 1.74. The highest BCUT2D eigenvalue weighted by atomic mass is 32.2. The van der Waals surface area contributed by atoms with Gasteiger partial charge in [-0.05, 0) is 55.5 Å². The molecule has 1 aromatic heterocycles. The van der Waals surface area contributed by atoms with Gasteiger partial charge in [0.2, 0.25) is 11.8 Å². The van der Waals surface area contributed by atoms with Crippen LogP contribution < -0.4 is 10.6 Å². The van der Waals surface area contributed by atoms with Gasteiger partial charge >= 0.3 is 0 Å². The number of nitrogens with one attached hydrogen (secondary N) is 3. The van der Waals surface area contributed by atoms with Crippen LogP contribution in [0.1, 0.15) is 6.92 Å². The van der Waals surface area contributed by atoms with Crippen molar-refractivity contribution in [1.82, 2.24) is 9.97 Å². The van der Waals surface area contributed by atoms with E-state index in [1.165, 1.54) is 36.0 Å². The highest BCUT2D eigenvalue weighted by molar-refractivity contribution is 8.01. The Morgan fingerprint density at radius 3 is 2.56 bits per heavy atom. The largest absolute Gasteiger partial charge is 0.338 e. The summed E-state index contributed by atoms with van der Waals surface area (Å²) in [6.07, 6.45) is 0. The average Bonchev–Trinajstić information content (AvgIpc) is 3.23. The van der Waals surface area contributed by atoms with Crippen molar-refractivity contribution in [3.05, 3.63) is 78.6 Å². The Morgan fingerprint density at radius 2 is 1.78 bits per heavy atom. The maximum absolute atomic E-state index is 12.9. The number of carbonyl (C=O) groups is 2. The fourth-order valence-corrected chi connectivity index (χ4v) is 3.77. The number of amides is 2. The lowest BCUT2D eigenvalue weighted by Crippen LogP contribution is -2.25.